The number of hydrogen-bond acceptors (Lipinski definition) is 5. The van der Waals surface area contributed by atoms with Gasteiger partial charge in [0.2, 0.25) is 10.0 Å². The summed E-state index contributed by atoms with van der Waals surface area (Å²) in [6.45, 7) is 7.37. The Morgan fingerprint density at radius 1 is 1.18 bits per heavy atom. The molecule has 28 heavy (non-hydrogen) atoms. The number of nitrogen functional groups attached to an aromatic ring is 1. The monoisotopic (exact) mass is 407 g/mol. The topological polar surface area (TPSA) is 103 Å². The van der Waals surface area contributed by atoms with Crippen molar-refractivity contribution in [2.24, 2.45) is 5.92 Å². The van der Waals surface area contributed by atoms with Crippen LogP contribution in [0.15, 0.2) is 0 Å². The lowest BCUT2D eigenvalue weighted by molar-refractivity contribution is 0.564. The minimum absolute atomic E-state index is 0.170. The molecule has 2 aromatic rings. The van der Waals surface area contributed by atoms with Gasteiger partial charge in [0.1, 0.15) is 11.3 Å². The van der Waals surface area contributed by atoms with Crippen LogP contribution in [0.1, 0.15) is 62.5 Å². The van der Waals surface area contributed by atoms with Gasteiger partial charge in [-0.15, -0.1) is 0 Å². The van der Waals surface area contributed by atoms with Crippen molar-refractivity contribution < 1.29 is 8.42 Å². The maximum atomic E-state index is 12.1. The van der Waals surface area contributed by atoms with Gasteiger partial charge in [-0.05, 0) is 57.4 Å². The molecule has 0 spiro atoms. The average Bonchev–Trinajstić information content (AvgIpc) is 3.37. The highest BCUT2D eigenvalue weighted by Gasteiger charge is 2.26. The van der Waals surface area contributed by atoms with Gasteiger partial charge in [-0.2, -0.15) is 0 Å². The van der Waals surface area contributed by atoms with Crippen molar-refractivity contribution >= 4 is 26.9 Å². The smallest absolute Gasteiger partial charge is 0.211 e. The molecule has 0 atom stereocenters. The molecule has 2 heterocycles. The molecule has 3 rings (SSSR count). The lowest BCUT2D eigenvalue weighted by Gasteiger charge is -2.12. The summed E-state index contributed by atoms with van der Waals surface area (Å²) in [6.07, 6.45) is 6.76. The molecule has 0 unspecified atom stereocenters. The standard InChI is InChI=1S/C20H33N5O2S/c1-4-5-10-22-28(26,27)12-7-6-11-25-17(13-16-8-9-16)24-18-19(25)14(2)15(3)23-20(18)21/h16,22H,4-13H2,1-3H3,(H2,21,23). The molecule has 3 N–H and O–H groups in total. The summed E-state index contributed by atoms with van der Waals surface area (Å²) >= 11 is 0. The fraction of sp³-hybridized carbons (Fsp3) is 0.700. The second-order valence-corrected chi connectivity index (χ2v) is 9.93. The molecule has 2 aromatic heterocycles. The van der Waals surface area contributed by atoms with E-state index in [0.29, 0.717) is 24.7 Å². The van der Waals surface area contributed by atoms with Crippen molar-refractivity contribution in [3.8, 4) is 0 Å². The average molecular weight is 408 g/mol. The van der Waals surface area contributed by atoms with E-state index in [0.717, 1.165) is 60.3 Å². The fourth-order valence-corrected chi connectivity index (χ4v) is 4.75. The normalized spacial score (nSPS) is 14.8. The largest absolute Gasteiger partial charge is 0.382 e. The number of aryl methyl sites for hydroxylation is 3. The van der Waals surface area contributed by atoms with Crippen molar-refractivity contribution in [2.75, 3.05) is 18.0 Å². The Hall–Kier alpha value is -1.67. The molecule has 0 radical (unpaired) electrons. The molecule has 1 aliphatic carbocycles. The fourth-order valence-electron chi connectivity index (χ4n) is 3.56. The lowest BCUT2D eigenvalue weighted by atomic mass is 10.2. The second-order valence-electron chi connectivity index (χ2n) is 8.01. The summed E-state index contributed by atoms with van der Waals surface area (Å²) in [5.74, 6) is 2.43. The zero-order valence-electron chi connectivity index (χ0n) is 17.3. The lowest BCUT2D eigenvalue weighted by Crippen LogP contribution is -2.27. The minimum atomic E-state index is -3.18. The zero-order chi connectivity index (χ0) is 20.3. The highest BCUT2D eigenvalue weighted by Crippen LogP contribution is 2.34. The first kappa shape index (κ1) is 21.0. The van der Waals surface area contributed by atoms with Crippen LogP contribution in [0.4, 0.5) is 5.82 Å². The summed E-state index contributed by atoms with van der Waals surface area (Å²) in [6, 6.07) is 0. The molecule has 0 saturated heterocycles. The number of imidazole rings is 1. The molecule has 0 amide bonds. The number of rotatable bonds is 11. The van der Waals surface area contributed by atoms with Crippen LogP contribution in [0.5, 0.6) is 0 Å². The number of hydrogen-bond donors (Lipinski definition) is 2. The number of sulfonamides is 1. The van der Waals surface area contributed by atoms with E-state index in [1.807, 2.05) is 6.92 Å². The van der Waals surface area contributed by atoms with Crippen molar-refractivity contribution in [1.82, 2.24) is 19.3 Å². The number of nitrogens with zero attached hydrogens (tertiary/aromatic N) is 3. The third kappa shape index (κ3) is 5.03. The van der Waals surface area contributed by atoms with Crippen LogP contribution in [-0.2, 0) is 23.0 Å². The van der Waals surface area contributed by atoms with E-state index in [1.165, 1.54) is 12.8 Å². The van der Waals surface area contributed by atoms with Crippen molar-refractivity contribution in [3.05, 3.63) is 17.1 Å². The first-order valence-corrected chi connectivity index (χ1v) is 12.1. The molecule has 1 saturated carbocycles. The van der Waals surface area contributed by atoms with E-state index >= 15 is 0 Å². The highest BCUT2D eigenvalue weighted by molar-refractivity contribution is 7.89. The van der Waals surface area contributed by atoms with E-state index in [9.17, 15) is 8.42 Å². The molecule has 0 aromatic carbocycles. The summed E-state index contributed by atoms with van der Waals surface area (Å²) in [5, 5.41) is 0. The number of aromatic nitrogens is 3. The van der Waals surface area contributed by atoms with E-state index in [2.05, 4.69) is 28.1 Å². The molecule has 0 bridgehead atoms. The third-order valence-corrected chi connectivity index (χ3v) is 7.01. The van der Waals surface area contributed by atoms with Gasteiger partial charge < -0.3 is 10.3 Å². The predicted molar refractivity (Wildman–Crippen MR) is 114 cm³/mol. The Bertz CT molecular complexity index is 932. The number of pyridine rings is 1. The van der Waals surface area contributed by atoms with Crippen LogP contribution in [-0.4, -0.2) is 35.3 Å². The van der Waals surface area contributed by atoms with Gasteiger partial charge >= 0.3 is 0 Å². The maximum absolute atomic E-state index is 12.1. The quantitative estimate of drug-likeness (QED) is 0.557. The summed E-state index contributed by atoms with van der Waals surface area (Å²) in [4.78, 5) is 9.25. The molecule has 156 valence electrons. The van der Waals surface area contributed by atoms with Crippen molar-refractivity contribution in [1.29, 1.82) is 0 Å². The Balaban J connectivity index is 1.72. The number of unbranched alkanes of at least 4 members (excludes halogenated alkanes) is 2. The van der Waals surface area contributed by atoms with Crippen molar-refractivity contribution in [3.63, 3.8) is 0 Å². The van der Waals surface area contributed by atoms with Crippen molar-refractivity contribution in [2.45, 2.75) is 72.3 Å². The number of fused-ring (bicyclic) bond motifs is 1. The second kappa shape index (κ2) is 8.78. The van der Waals surface area contributed by atoms with Gasteiger partial charge in [-0.1, -0.05) is 13.3 Å². The van der Waals surface area contributed by atoms with E-state index < -0.39 is 10.0 Å². The van der Waals surface area contributed by atoms with Crippen LogP contribution in [0, 0.1) is 19.8 Å². The zero-order valence-corrected chi connectivity index (χ0v) is 18.1. The highest BCUT2D eigenvalue weighted by atomic mass is 32.2. The summed E-state index contributed by atoms with van der Waals surface area (Å²) in [7, 11) is -3.18. The van der Waals surface area contributed by atoms with E-state index in [-0.39, 0.29) is 5.75 Å². The maximum Gasteiger partial charge on any atom is 0.211 e. The van der Waals surface area contributed by atoms with Crippen LogP contribution in [0.2, 0.25) is 0 Å². The molecule has 0 aliphatic heterocycles. The Morgan fingerprint density at radius 2 is 1.93 bits per heavy atom. The minimum Gasteiger partial charge on any atom is -0.382 e. The van der Waals surface area contributed by atoms with Gasteiger partial charge in [0.05, 0.1) is 11.3 Å². The Morgan fingerprint density at radius 3 is 2.61 bits per heavy atom. The van der Waals surface area contributed by atoms with E-state index in [1.54, 1.807) is 0 Å². The molecule has 8 heteroatoms. The first-order valence-electron chi connectivity index (χ1n) is 10.4. The van der Waals surface area contributed by atoms with Gasteiger partial charge in [0.15, 0.2) is 5.82 Å². The first-order chi connectivity index (χ1) is 13.3. The molecule has 1 aliphatic rings. The van der Waals surface area contributed by atoms with Gasteiger partial charge in [0.25, 0.3) is 0 Å². The molecular weight excluding hydrogens is 374 g/mol. The van der Waals surface area contributed by atoms with Gasteiger partial charge in [0, 0.05) is 25.2 Å². The molecule has 1 fully saturated rings. The molecule has 7 nitrogen and oxygen atoms in total. The Kier molecular flexibility index (Phi) is 6.60. The van der Waals surface area contributed by atoms with Crippen LogP contribution < -0.4 is 10.5 Å². The van der Waals surface area contributed by atoms with Gasteiger partial charge in [-0.3, -0.25) is 0 Å². The van der Waals surface area contributed by atoms with Gasteiger partial charge in [-0.25, -0.2) is 23.1 Å². The summed E-state index contributed by atoms with van der Waals surface area (Å²) < 4.78 is 29.1. The van der Waals surface area contributed by atoms with Crippen LogP contribution in [0.3, 0.4) is 0 Å². The molecular formula is C20H33N5O2S. The summed E-state index contributed by atoms with van der Waals surface area (Å²) in [5.41, 5.74) is 10.0. The van der Waals surface area contributed by atoms with Crippen LogP contribution >= 0.6 is 0 Å². The van der Waals surface area contributed by atoms with E-state index in [4.69, 9.17) is 10.7 Å². The Labute approximate surface area is 168 Å². The number of nitrogens with two attached hydrogens (primary N) is 1. The predicted octanol–water partition coefficient (Wildman–Crippen LogP) is 3.08. The SMILES string of the molecule is CCCCNS(=O)(=O)CCCCn1c(CC2CC2)nc2c(N)nc(C)c(C)c21. The third-order valence-electron chi connectivity index (χ3n) is 5.54. The van der Waals surface area contributed by atoms with Crippen LogP contribution in [0.25, 0.3) is 11.0 Å². The number of anilines is 1. The number of nitrogens with one attached hydrogen (secondary N) is 1.